The lowest BCUT2D eigenvalue weighted by Crippen LogP contribution is -2.15. The van der Waals surface area contributed by atoms with Crippen LogP contribution in [0.1, 0.15) is 10.4 Å². The van der Waals surface area contributed by atoms with Gasteiger partial charge >= 0.3 is 5.97 Å². The van der Waals surface area contributed by atoms with Crippen LogP contribution in [0.25, 0.3) is 0 Å². The maximum absolute atomic E-state index is 13.6. The lowest BCUT2D eigenvalue weighted by Gasteiger charge is -2.09. The highest BCUT2D eigenvalue weighted by Gasteiger charge is 2.13. The number of anilines is 1. The van der Waals surface area contributed by atoms with Gasteiger partial charge in [-0.15, -0.1) is 11.8 Å². The number of nitrogens with one attached hydrogen (secondary N) is 1. The number of carbonyl (C=O) groups excluding carboxylic acids is 2. The van der Waals surface area contributed by atoms with Crippen molar-refractivity contribution < 1.29 is 18.7 Å². The van der Waals surface area contributed by atoms with Gasteiger partial charge in [-0.2, -0.15) is 0 Å². The molecule has 0 aliphatic heterocycles. The molecule has 0 atom stereocenters. The van der Waals surface area contributed by atoms with Crippen LogP contribution in [0.4, 0.5) is 10.1 Å². The number of carbonyl (C=O) groups is 2. The monoisotopic (exact) mass is 353 g/mol. The Morgan fingerprint density at radius 2 is 2.00 bits per heavy atom. The van der Waals surface area contributed by atoms with Crippen LogP contribution in [0.5, 0.6) is 0 Å². The van der Waals surface area contributed by atoms with Crippen molar-refractivity contribution in [2.24, 2.45) is 0 Å². The molecule has 0 aliphatic carbocycles. The van der Waals surface area contributed by atoms with Crippen LogP contribution in [-0.2, 0) is 9.53 Å². The Kier molecular flexibility index (Phi) is 6.01. The SMILES string of the molecule is COC(=O)c1ccccc1SCC(=O)Nc1cc(Cl)ccc1F. The maximum atomic E-state index is 13.6. The van der Waals surface area contributed by atoms with Crippen LogP contribution < -0.4 is 5.32 Å². The molecule has 0 fully saturated rings. The van der Waals surface area contributed by atoms with Gasteiger partial charge in [-0.25, -0.2) is 9.18 Å². The van der Waals surface area contributed by atoms with E-state index in [9.17, 15) is 14.0 Å². The van der Waals surface area contributed by atoms with Crippen LogP contribution in [0.2, 0.25) is 5.02 Å². The molecule has 0 saturated carbocycles. The number of benzene rings is 2. The van der Waals surface area contributed by atoms with Crippen LogP contribution in [0.15, 0.2) is 47.4 Å². The number of esters is 1. The summed E-state index contributed by atoms with van der Waals surface area (Å²) in [6, 6.07) is 10.7. The van der Waals surface area contributed by atoms with Gasteiger partial charge in [-0.1, -0.05) is 23.7 Å². The summed E-state index contributed by atoms with van der Waals surface area (Å²) in [6.45, 7) is 0. The first-order valence-electron chi connectivity index (χ1n) is 6.56. The van der Waals surface area contributed by atoms with E-state index in [1.165, 1.54) is 25.3 Å². The Morgan fingerprint density at radius 3 is 2.74 bits per heavy atom. The van der Waals surface area contributed by atoms with E-state index >= 15 is 0 Å². The molecule has 0 bridgehead atoms. The first-order valence-corrected chi connectivity index (χ1v) is 7.92. The second kappa shape index (κ2) is 7.99. The summed E-state index contributed by atoms with van der Waals surface area (Å²) in [5.74, 6) is -1.44. The lowest BCUT2D eigenvalue weighted by atomic mass is 10.2. The summed E-state index contributed by atoms with van der Waals surface area (Å²) >= 11 is 6.93. The average molecular weight is 354 g/mol. The zero-order valence-electron chi connectivity index (χ0n) is 12.1. The van der Waals surface area contributed by atoms with Gasteiger partial charge in [-0.05, 0) is 30.3 Å². The molecule has 0 radical (unpaired) electrons. The Hall–Kier alpha value is -2.05. The quantitative estimate of drug-likeness (QED) is 0.652. The van der Waals surface area contributed by atoms with Crippen molar-refractivity contribution in [1.82, 2.24) is 0 Å². The highest BCUT2D eigenvalue weighted by atomic mass is 35.5. The van der Waals surface area contributed by atoms with E-state index in [1.807, 2.05) is 0 Å². The second-order valence-corrected chi connectivity index (χ2v) is 5.90. The highest BCUT2D eigenvalue weighted by molar-refractivity contribution is 8.00. The summed E-state index contributed by atoms with van der Waals surface area (Å²) in [4.78, 5) is 24.2. The highest BCUT2D eigenvalue weighted by Crippen LogP contribution is 2.24. The van der Waals surface area contributed by atoms with Gasteiger partial charge in [0.05, 0.1) is 24.1 Å². The van der Waals surface area contributed by atoms with Crippen molar-refractivity contribution in [3.8, 4) is 0 Å². The summed E-state index contributed by atoms with van der Waals surface area (Å²) in [5.41, 5.74) is 0.395. The zero-order valence-corrected chi connectivity index (χ0v) is 13.7. The summed E-state index contributed by atoms with van der Waals surface area (Å²) in [7, 11) is 1.29. The first-order chi connectivity index (χ1) is 11.0. The molecule has 120 valence electrons. The van der Waals surface area contributed by atoms with Gasteiger partial charge in [0.15, 0.2) is 0 Å². The van der Waals surface area contributed by atoms with E-state index in [1.54, 1.807) is 24.3 Å². The number of ether oxygens (including phenoxy) is 1. The smallest absolute Gasteiger partial charge is 0.338 e. The molecule has 23 heavy (non-hydrogen) atoms. The summed E-state index contributed by atoms with van der Waals surface area (Å²) in [6.07, 6.45) is 0. The van der Waals surface area contributed by atoms with E-state index in [0.717, 1.165) is 11.8 Å². The number of hydrogen-bond donors (Lipinski definition) is 1. The molecule has 0 spiro atoms. The molecule has 0 heterocycles. The molecule has 0 unspecified atom stereocenters. The van der Waals surface area contributed by atoms with Crippen LogP contribution in [0.3, 0.4) is 0 Å². The van der Waals surface area contributed by atoms with Crippen molar-refractivity contribution in [2.45, 2.75) is 4.90 Å². The minimum atomic E-state index is -0.567. The van der Waals surface area contributed by atoms with Crippen LogP contribution >= 0.6 is 23.4 Å². The van der Waals surface area contributed by atoms with Crippen LogP contribution in [0, 0.1) is 5.82 Å². The van der Waals surface area contributed by atoms with E-state index in [2.05, 4.69) is 5.32 Å². The fourth-order valence-corrected chi connectivity index (χ4v) is 2.81. The predicted molar refractivity (Wildman–Crippen MR) is 88.5 cm³/mol. The standard InChI is InChI=1S/C16H13ClFNO3S/c1-22-16(21)11-4-2-3-5-14(11)23-9-15(20)19-13-8-10(17)6-7-12(13)18/h2-8H,9H2,1H3,(H,19,20). The normalized spacial score (nSPS) is 10.2. The fraction of sp³-hybridized carbons (Fsp3) is 0.125. The van der Waals surface area contributed by atoms with Gasteiger partial charge in [-0.3, -0.25) is 4.79 Å². The third kappa shape index (κ3) is 4.71. The number of hydrogen-bond acceptors (Lipinski definition) is 4. The molecule has 1 amide bonds. The average Bonchev–Trinajstić information content (AvgIpc) is 2.56. The summed E-state index contributed by atoms with van der Waals surface area (Å²) in [5, 5.41) is 2.77. The molecule has 4 nitrogen and oxygen atoms in total. The Labute approximate surface area is 142 Å². The maximum Gasteiger partial charge on any atom is 0.338 e. The number of amides is 1. The van der Waals surface area contributed by atoms with Crippen molar-refractivity contribution in [3.63, 3.8) is 0 Å². The molecule has 7 heteroatoms. The van der Waals surface area contributed by atoms with Gasteiger partial charge < -0.3 is 10.1 Å². The zero-order chi connectivity index (χ0) is 16.8. The second-order valence-electron chi connectivity index (χ2n) is 4.45. The van der Waals surface area contributed by atoms with Crippen molar-refractivity contribution in [3.05, 3.63) is 58.9 Å². The molecule has 1 N–H and O–H groups in total. The number of methoxy groups -OCH3 is 1. The topological polar surface area (TPSA) is 55.4 Å². The van der Waals surface area contributed by atoms with Gasteiger partial charge in [0.2, 0.25) is 5.91 Å². The lowest BCUT2D eigenvalue weighted by molar-refractivity contribution is -0.113. The molecule has 2 aromatic carbocycles. The van der Waals surface area contributed by atoms with Gasteiger partial charge in [0, 0.05) is 9.92 Å². The number of rotatable bonds is 5. The molecular formula is C16H13ClFNO3S. The fourth-order valence-electron chi connectivity index (χ4n) is 1.79. The molecular weight excluding hydrogens is 341 g/mol. The molecule has 0 aromatic heterocycles. The van der Waals surface area contributed by atoms with E-state index < -0.39 is 17.7 Å². The third-order valence-corrected chi connectivity index (χ3v) is 4.16. The minimum absolute atomic E-state index is 0.0139. The largest absolute Gasteiger partial charge is 0.465 e. The third-order valence-electron chi connectivity index (χ3n) is 2.85. The van der Waals surface area contributed by atoms with Crippen molar-refractivity contribution in [2.75, 3.05) is 18.2 Å². The van der Waals surface area contributed by atoms with Gasteiger partial charge in [0.1, 0.15) is 5.82 Å². The Morgan fingerprint density at radius 1 is 1.26 bits per heavy atom. The van der Waals surface area contributed by atoms with E-state index in [4.69, 9.17) is 16.3 Å². The number of thioether (sulfide) groups is 1. The van der Waals surface area contributed by atoms with E-state index in [-0.39, 0.29) is 11.4 Å². The van der Waals surface area contributed by atoms with Crippen molar-refractivity contribution >= 4 is 40.9 Å². The minimum Gasteiger partial charge on any atom is -0.465 e. The molecule has 2 aromatic rings. The van der Waals surface area contributed by atoms with E-state index in [0.29, 0.717) is 15.5 Å². The predicted octanol–water partition coefficient (Wildman–Crippen LogP) is 4.00. The Balaban J connectivity index is 2.02. The molecule has 0 saturated heterocycles. The van der Waals surface area contributed by atoms with Gasteiger partial charge in [0.25, 0.3) is 0 Å². The van der Waals surface area contributed by atoms with Crippen LogP contribution in [-0.4, -0.2) is 24.7 Å². The summed E-state index contributed by atoms with van der Waals surface area (Å²) < 4.78 is 18.3. The first kappa shape index (κ1) is 17.3. The molecule has 2 rings (SSSR count). The van der Waals surface area contributed by atoms with Crippen molar-refractivity contribution in [1.29, 1.82) is 0 Å². The molecule has 0 aliphatic rings. The Bertz CT molecular complexity index is 739. The number of halogens is 2.